The van der Waals surface area contributed by atoms with Crippen molar-refractivity contribution in [3.63, 3.8) is 0 Å². The van der Waals surface area contributed by atoms with Gasteiger partial charge in [0.1, 0.15) is 5.60 Å². The van der Waals surface area contributed by atoms with Crippen LogP contribution in [0.3, 0.4) is 0 Å². The van der Waals surface area contributed by atoms with E-state index >= 15 is 0 Å². The molecule has 0 unspecified atom stereocenters. The Kier molecular flexibility index (Phi) is 3.11. The Labute approximate surface area is 106 Å². The monoisotopic (exact) mass is 259 g/mol. The minimum Gasteiger partial charge on any atom is -0.444 e. The van der Waals surface area contributed by atoms with Gasteiger partial charge in [0.05, 0.1) is 0 Å². The molecule has 1 aliphatic heterocycles. The van der Waals surface area contributed by atoms with Gasteiger partial charge in [-0.15, -0.1) is 0 Å². The van der Waals surface area contributed by atoms with Crippen molar-refractivity contribution in [3.05, 3.63) is 11.6 Å². The maximum absolute atomic E-state index is 12.9. The molecule has 0 atom stereocenters. The Balaban J connectivity index is 1.80. The summed E-state index contributed by atoms with van der Waals surface area (Å²) in [6.45, 7) is 6.42. The molecule has 1 aliphatic carbocycles. The number of hydrogen-bond donors (Lipinski definition) is 0. The van der Waals surface area contributed by atoms with Crippen molar-refractivity contribution < 1.29 is 18.3 Å². The van der Waals surface area contributed by atoms with Gasteiger partial charge in [0.25, 0.3) is 5.92 Å². The Morgan fingerprint density at radius 1 is 1.39 bits per heavy atom. The molecule has 3 nitrogen and oxygen atoms in total. The third-order valence-corrected chi connectivity index (χ3v) is 3.22. The van der Waals surface area contributed by atoms with E-state index in [0.29, 0.717) is 25.9 Å². The molecule has 1 amide bonds. The molecule has 1 saturated heterocycles. The first kappa shape index (κ1) is 13.3. The van der Waals surface area contributed by atoms with Crippen LogP contribution in [0.5, 0.6) is 0 Å². The second-order valence-electron chi connectivity index (χ2n) is 5.96. The number of alkyl halides is 2. The number of hydrogen-bond acceptors (Lipinski definition) is 2. The lowest BCUT2D eigenvalue weighted by Gasteiger charge is -2.33. The van der Waals surface area contributed by atoms with Crippen LogP contribution in [0.25, 0.3) is 0 Å². The zero-order valence-electron chi connectivity index (χ0n) is 11.0. The summed E-state index contributed by atoms with van der Waals surface area (Å²) < 4.78 is 31.0. The minimum atomic E-state index is -2.65. The predicted molar refractivity (Wildman–Crippen MR) is 63.6 cm³/mol. The van der Waals surface area contributed by atoms with E-state index in [-0.39, 0.29) is 17.6 Å². The first-order valence-corrected chi connectivity index (χ1v) is 6.28. The number of amides is 1. The van der Waals surface area contributed by atoms with Crippen molar-refractivity contribution in [1.29, 1.82) is 0 Å². The maximum atomic E-state index is 12.9. The van der Waals surface area contributed by atoms with Gasteiger partial charge in [0.2, 0.25) is 0 Å². The smallest absolute Gasteiger partial charge is 0.410 e. The molecule has 0 radical (unpaired) electrons. The maximum Gasteiger partial charge on any atom is 0.410 e. The standard InChI is InChI=1S/C13H19F2NO2/c1-12(2,3)18-11(17)16-6-4-9(5-7-16)10-8-13(10,14)15/h8-9H,4-7H2,1-3H3. The summed E-state index contributed by atoms with van der Waals surface area (Å²) in [5.41, 5.74) is -0.258. The van der Waals surface area contributed by atoms with Crippen LogP contribution in [-0.4, -0.2) is 35.6 Å². The van der Waals surface area contributed by atoms with E-state index in [1.54, 1.807) is 4.90 Å². The van der Waals surface area contributed by atoms with Gasteiger partial charge in [-0.1, -0.05) is 0 Å². The predicted octanol–water partition coefficient (Wildman–Crippen LogP) is 3.21. The number of halogens is 2. The van der Waals surface area contributed by atoms with Crippen LogP contribution in [0.4, 0.5) is 13.6 Å². The zero-order valence-corrected chi connectivity index (χ0v) is 11.0. The highest BCUT2D eigenvalue weighted by Gasteiger charge is 2.49. The number of rotatable bonds is 1. The van der Waals surface area contributed by atoms with E-state index in [0.717, 1.165) is 6.08 Å². The summed E-state index contributed by atoms with van der Waals surface area (Å²) in [5, 5.41) is 0. The summed E-state index contributed by atoms with van der Waals surface area (Å²) in [4.78, 5) is 13.4. The molecule has 102 valence electrons. The Bertz CT molecular complexity index is 377. The highest BCUT2D eigenvalue weighted by Crippen LogP contribution is 2.47. The number of piperidine rings is 1. The molecule has 1 heterocycles. The fourth-order valence-electron chi connectivity index (χ4n) is 2.25. The van der Waals surface area contributed by atoms with E-state index < -0.39 is 11.5 Å². The summed E-state index contributed by atoms with van der Waals surface area (Å²) in [6.07, 6.45) is 1.87. The van der Waals surface area contributed by atoms with E-state index in [2.05, 4.69) is 0 Å². The van der Waals surface area contributed by atoms with Crippen LogP contribution in [0.1, 0.15) is 33.6 Å². The Morgan fingerprint density at radius 2 is 1.89 bits per heavy atom. The molecule has 2 aliphatic rings. The molecule has 0 saturated carbocycles. The third-order valence-electron chi connectivity index (χ3n) is 3.22. The third kappa shape index (κ3) is 3.00. The van der Waals surface area contributed by atoms with Crippen molar-refractivity contribution in [2.24, 2.45) is 5.92 Å². The molecule has 0 N–H and O–H groups in total. The number of carbonyl (C=O) groups excluding carboxylic acids is 1. The van der Waals surface area contributed by atoms with Gasteiger partial charge < -0.3 is 9.64 Å². The number of nitrogens with zero attached hydrogens (tertiary/aromatic N) is 1. The van der Waals surface area contributed by atoms with Crippen molar-refractivity contribution in [2.45, 2.75) is 45.1 Å². The number of likely N-dealkylation sites (tertiary alicyclic amines) is 1. The lowest BCUT2D eigenvalue weighted by molar-refractivity contribution is 0.0188. The van der Waals surface area contributed by atoms with Gasteiger partial charge in [-0.2, -0.15) is 8.78 Å². The van der Waals surface area contributed by atoms with Crippen molar-refractivity contribution in [1.82, 2.24) is 4.90 Å². The van der Waals surface area contributed by atoms with Crippen LogP contribution in [0.15, 0.2) is 11.6 Å². The topological polar surface area (TPSA) is 29.5 Å². The van der Waals surface area contributed by atoms with Gasteiger partial charge in [-0.25, -0.2) is 4.79 Å². The molecule has 1 fully saturated rings. The minimum absolute atomic E-state index is 0.0707. The first-order chi connectivity index (χ1) is 8.19. The largest absolute Gasteiger partial charge is 0.444 e. The summed E-state index contributed by atoms with van der Waals surface area (Å²) in [6, 6.07) is 0. The van der Waals surface area contributed by atoms with Gasteiger partial charge in [0.15, 0.2) is 0 Å². The fraction of sp³-hybridized carbons (Fsp3) is 0.769. The van der Waals surface area contributed by atoms with Crippen LogP contribution in [0.2, 0.25) is 0 Å². The van der Waals surface area contributed by atoms with Crippen LogP contribution in [0, 0.1) is 5.92 Å². The highest BCUT2D eigenvalue weighted by atomic mass is 19.3. The molecule has 2 rings (SSSR count). The van der Waals surface area contributed by atoms with Crippen LogP contribution in [-0.2, 0) is 4.74 Å². The van der Waals surface area contributed by atoms with Crippen molar-refractivity contribution >= 4 is 6.09 Å². The van der Waals surface area contributed by atoms with Gasteiger partial charge >= 0.3 is 6.09 Å². The SMILES string of the molecule is CC(C)(C)OC(=O)N1CCC(C2=CC2(F)F)CC1. The van der Waals surface area contributed by atoms with Gasteiger partial charge in [-0.05, 0) is 45.6 Å². The molecule has 0 aromatic heterocycles. The van der Waals surface area contributed by atoms with Gasteiger partial charge in [-0.3, -0.25) is 0 Å². The molecular weight excluding hydrogens is 240 g/mol. The lowest BCUT2D eigenvalue weighted by atomic mass is 9.94. The number of ether oxygens (including phenoxy) is 1. The highest BCUT2D eigenvalue weighted by molar-refractivity contribution is 5.68. The van der Waals surface area contributed by atoms with E-state index in [1.165, 1.54) is 0 Å². The van der Waals surface area contributed by atoms with Crippen LogP contribution >= 0.6 is 0 Å². The molecule has 0 spiro atoms. The average molecular weight is 259 g/mol. The van der Waals surface area contributed by atoms with E-state index in [1.807, 2.05) is 20.8 Å². The van der Waals surface area contributed by atoms with Crippen LogP contribution < -0.4 is 0 Å². The molecular formula is C13H19F2NO2. The Hall–Kier alpha value is -1.13. The Morgan fingerprint density at radius 3 is 2.28 bits per heavy atom. The fourth-order valence-corrected chi connectivity index (χ4v) is 2.25. The normalized spacial score (nSPS) is 23.6. The summed E-state index contributed by atoms with van der Waals surface area (Å²) in [5.74, 6) is -2.72. The van der Waals surface area contributed by atoms with Crippen molar-refractivity contribution in [3.8, 4) is 0 Å². The number of carbonyl (C=O) groups is 1. The summed E-state index contributed by atoms with van der Waals surface area (Å²) in [7, 11) is 0. The van der Waals surface area contributed by atoms with Crippen molar-refractivity contribution in [2.75, 3.05) is 13.1 Å². The molecule has 0 aromatic carbocycles. The molecule has 0 bridgehead atoms. The quantitative estimate of drug-likeness (QED) is 0.677. The van der Waals surface area contributed by atoms with E-state index in [4.69, 9.17) is 4.74 Å². The van der Waals surface area contributed by atoms with E-state index in [9.17, 15) is 13.6 Å². The second kappa shape index (κ2) is 4.21. The lowest BCUT2D eigenvalue weighted by Crippen LogP contribution is -2.41. The summed E-state index contributed by atoms with van der Waals surface area (Å²) >= 11 is 0. The second-order valence-corrected chi connectivity index (χ2v) is 5.96. The number of allylic oxidation sites excluding steroid dienone is 2. The molecule has 0 aromatic rings. The zero-order chi connectivity index (χ0) is 13.6. The molecule has 18 heavy (non-hydrogen) atoms. The average Bonchev–Trinajstić information content (AvgIpc) is 2.85. The van der Waals surface area contributed by atoms with Gasteiger partial charge in [0, 0.05) is 18.7 Å². The first-order valence-electron chi connectivity index (χ1n) is 6.28. The molecule has 5 heteroatoms.